The van der Waals surface area contributed by atoms with E-state index in [1.165, 1.54) is 0 Å². The number of nitrogens with one attached hydrogen (secondary N) is 1. The highest BCUT2D eigenvalue weighted by Gasteiger charge is 2.07. The molecule has 0 aliphatic carbocycles. The fraction of sp³-hybridized carbons (Fsp3) is 0.250. The highest BCUT2D eigenvalue weighted by Crippen LogP contribution is 2.13. The Hall–Kier alpha value is -2.20. The van der Waals surface area contributed by atoms with Crippen LogP contribution in [0.15, 0.2) is 42.5 Å². The second-order valence-corrected chi connectivity index (χ2v) is 4.65. The number of carbonyl (C=O) groups excluding carboxylic acids is 1. The van der Waals surface area contributed by atoms with E-state index in [1.54, 1.807) is 6.07 Å². The van der Waals surface area contributed by atoms with Crippen LogP contribution in [0.1, 0.15) is 28.2 Å². The van der Waals surface area contributed by atoms with Gasteiger partial charge in [0.25, 0.3) is 5.91 Å². The van der Waals surface area contributed by atoms with Gasteiger partial charge in [0, 0.05) is 18.0 Å². The molecule has 1 amide bonds. The molecule has 104 valence electrons. The van der Waals surface area contributed by atoms with Crippen molar-refractivity contribution in [2.45, 2.75) is 19.8 Å². The maximum Gasteiger partial charge on any atom is 0.274 e. The normalized spacial score (nSPS) is 10.3. The van der Waals surface area contributed by atoms with Gasteiger partial charge in [-0.1, -0.05) is 18.2 Å². The third kappa shape index (κ3) is 3.90. The Labute approximate surface area is 118 Å². The van der Waals surface area contributed by atoms with E-state index >= 15 is 0 Å². The molecular formula is C16H18N2O2. The van der Waals surface area contributed by atoms with E-state index in [0.29, 0.717) is 5.69 Å². The molecule has 2 N–H and O–H groups in total. The van der Waals surface area contributed by atoms with Crippen LogP contribution in [0.3, 0.4) is 0 Å². The molecule has 0 unspecified atom stereocenters. The van der Waals surface area contributed by atoms with Gasteiger partial charge in [-0.2, -0.15) is 0 Å². The third-order valence-corrected chi connectivity index (χ3v) is 2.93. The van der Waals surface area contributed by atoms with Crippen molar-refractivity contribution in [3.63, 3.8) is 0 Å². The van der Waals surface area contributed by atoms with Crippen molar-refractivity contribution in [1.29, 1.82) is 0 Å². The van der Waals surface area contributed by atoms with E-state index in [0.717, 1.165) is 29.8 Å². The maximum absolute atomic E-state index is 12.1. The zero-order chi connectivity index (χ0) is 14.4. The van der Waals surface area contributed by atoms with Gasteiger partial charge in [-0.15, -0.1) is 0 Å². The minimum atomic E-state index is -0.215. The fourth-order valence-corrected chi connectivity index (χ4v) is 1.95. The standard InChI is InChI=1S/C16H18N2O2/c1-12-5-2-9-15(17-12)16(20)18-14-8-3-6-13(11-14)7-4-10-19/h2-3,5-6,8-9,11,19H,4,7,10H2,1H3,(H,18,20). The summed E-state index contributed by atoms with van der Waals surface area (Å²) in [6.45, 7) is 2.02. The molecule has 1 aromatic carbocycles. The Balaban J connectivity index is 2.07. The smallest absolute Gasteiger partial charge is 0.274 e. The van der Waals surface area contributed by atoms with Gasteiger partial charge in [0.15, 0.2) is 0 Å². The summed E-state index contributed by atoms with van der Waals surface area (Å²) >= 11 is 0. The van der Waals surface area contributed by atoms with Crippen LogP contribution >= 0.6 is 0 Å². The number of aliphatic hydroxyl groups excluding tert-OH is 1. The van der Waals surface area contributed by atoms with Crippen LogP contribution in [0, 0.1) is 6.92 Å². The number of aromatic nitrogens is 1. The Bertz CT molecular complexity index is 597. The maximum atomic E-state index is 12.1. The molecule has 0 fully saturated rings. The van der Waals surface area contributed by atoms with Crippen molar-refractivity contribution < 1.29 is 9.90 Å². The first-order chi connectivity index (χ1) is 9.69. The van der Waals surface area contributed by atoms with Gasteiger partial charge in [-0.05, 0) is 49.6 Å². The summed E-state index contributed by atoms with van der Waals surface area (Å²) in [5, 5.41) is 11.7. The van der Waals surface area contributed by atoms with E-state index in [-0.39, 0.29) is 12.5 Å². The number of aryl methyl sites for hydroxylation is 2. The molecule has 2 rings (SSSR count). The largest absolute Gasteiger partial charge is 0.396 e. The summed E-state index contributed by atoms with van der Waals surface area (Å²) in [6.07, 6.45) is 1.51. The first kappa shape index (κ1) is 14.2. The summed E-state index contributed by atoms with van der Waals surface area (Å²) in [6, 6.07) is 13.0. The lowest BCUT2D eigenvalue weighted by Gasteiger charge is -2.07. The Kier molecular flexibility index (Phi) is 4.85. The average Bonchev–Trinajstić information content (AvgIpc) is 2.45. The first-order valence-corrected chi connectivity index (χ1v) is 6.64. The second-order valence-electron chi connectivity index (χ2n) is 4.65. The molecule has 0 aliphatic rings. The highest BCUT2D eigenvalue weighted by atomic mass is 16.2. The summed E-state index contributed by atoms with van der Waals surface area (Å²) in [5.41, 5.74) is 3.06. The van der Waals surface area contributed by atoms with Crippen LogP contribution in [0.25, 0.3) is 0 Å². The molecule has 0 saturated heterocycles. The zero-order valence-electron chi connectivity index (χ0n) is 11.5. The molecule has 4 nitrogen and oxygen atoms in total. The minimum absolute atomic E-state index is 0.170. The number of hydrogen-bond acceptors (Lipinski definition) is 3. The average molecular weight is 270 g/mol. The van der Waals surface area contributed by atoms with E-state index < -0.39 is 0 Å². The Morgan fingerprint density at radius 3 is 2.80 bits per heavy atom. The molecule has 0 radical (unpaired) electrons. The predicted molar refractivity (Wildman–Crippen MR) is 78.8 cm³/mol. The molecule has 0 aliphatic heterocycles. The van der Waals surface area contributed by atoms with Gasteiger partial charge in [0.2, 0.25) is 0 Å². The van der Waals surface area contributed by atoms with Gasteiger partial charge in [-0.25, -0.2) is 4.98 Å². The number of anilines is 1. The molecule has 1 heterocycles. The lowest BCUT2D eigenvalue weighted by Crippen LogP contribution is -2.14. The Morgan fingerprint density at radius 2 is 2.05 bits per heavy atom. The van der Waals surface area contributed by atoms with E-state index in [2.05, 4.69) is 10.3 Å². The number of nitrogens with zero attached hydrogens (tertiary/aromatic N) is 1. The summed E-state index contributed by atoms with van der Waals surface area (Å²) in [5.74, 6) is -0.215. The molecule has 0 bridgehead atoms. The number of benzene rings is 1. The summed E-state index contributed by atoms with van der Waals surface area (Å²) < 4.78 is 0. The van der Waals surface area contributed by atoms with E-state index in [1.807, 2.05) is 43.3 Å². The molecule has 1 aromatic heterocycles. The van der Waals surface area contributed by atoms with Crippen LogP contribution in [-0.4, -0.2) is 22.6 Å². The first-order valence-electron chi connectivity index (χ1n) is 6.64. The van der Waals surface area contributed by atoms with E-state index in [9.17, 15) is 4.79 Å². The van der Waals surface area contributed by atoms with Crippen molar-refractivity contribution >= 4 is 11.6 Å². The number of carbonyl (C=O) groups is 1. The molecule has 20 heavy (non-hydrogen) atoms. The van der Waals surface area contributed by atoms with Crippen molar-refractivity contribution in [3.8, 4) is 0 Å². The third-order valence-electron chi connectivity index (χ3n) is 2.93. The van der Waals surface area contributed by atoms with Gasteiger partial charge in [0.05, 0.1) is 0 Å². The molecular weight excluding hydrogens is 252 g/mol. The van der Waals surface area contributed by atoms with Gasteiger partial charge >= 0.3 is 0 Å². The lowest BCUT2D eigenvalue weighted by atomic mass is 10.1. The van der Waals surface area contributed by atoms with E-state index in [4.69, 9.17) is 5.11 Å². The molecule has 0 atom stereocenters. The number of pyridine rings is 1. The van der Waals surface area contributed by atoms with Gasteiger partial charge < -0.3 is 10.4 Å². The zero-order valence-corrected chi connectivity index (χ0v) is 11.5. The van der Waals surface area contributed by atoms with Crippen LogP contribution in [-0.2, 0) is 6.42 Å². The van der Waals surface area contributed by atoms with Crippen molar-refractivity contribution in [3.05, 3.63) is 59.4 Å². The predicted octanol–water partition coefficient (Wildman–Crippen LogP) is 2.57. The quantitative estimate of drug-likeness (QED) is 0.877. The number of hydrogen-bond donors (Lipinski definition) is 2. The highest BCUT2D eigenvalue weighted by molar-refractivity contribution is 6.02. The topological polar surface area (TPSA) is 62.2 Å². The lowest BCUT2D eigenvalue weighted by molar-refractivity contribution is 0.102. The van der Waals surface area contributed by atoms with Crippen LogP contribution in [0.5, 0.6) is 0 Å². The second kappa shape index (κ2) is 6.82. The number of aliphatic hydroxyl groups is 1. The minimum Gasteiger partial charge on any atom is -0.396 e. The number of rotatable bonds is 5. The van der Waals surface area contributed by atoms with Crippen molar-refractivity contribution in [2.24, 2.45) is 0 Å². The Morgan fingerprint density at radius 1 is 1.25 bits per heavy atom. The fourth-order valence-electron chi connectivity index (χ4n) is 1.95. The molecule has 0 spiro atoms. The van der Waals surface area contributed by atoms with Crippen LogP contribution in [0.2, 0.25) is 0 Å². The molecule has 2 aromatic rings. The monoisotopic (exact) mass is 270 g/mol. The molecule has 0 saturated carbocycles. The molecule has 4 heteroatoms. The van der Waals surface area contributed by atoms with Gasteiger partial charge in [0.1, 0.15) is 5.69 Å². The van der Waals surface area contributed by atoms with Crippen molar-refractivity contribution in [2.75, 3.05) is 11.9 Å². The summed E-state index contributed by atoms with van der Waals surface area (Å²) in [4.78, 5) is 16.3. The van der Waals surface area contributed by atoms with Crippen molar-refractivity contribution in [1.82, 2.24) is 4.98 Å². The van der Waals surface area contributed by atoms with Crippen LogP contribution < -0.4 is 5.32 Å². The van der Waals surface area contributed by atoms with Gasteiger partial charge in [-0.3, -0.25) is 4.79 Å². The van der Waals surface area contributed by atoms with Crippen LogP contribution in [0.4, 0.5) is 5.69 Å². The SMILES string of the molecule is Cc1cccc(C(=O)Nc2cccc(CCCO)c2)n1. The summed E-state index contributed by atoms with van der Waals surface area (Å²) in [7, 11) is 0. The number of amides is 1.